The number of halogens is 3. The van der Waals surface area contributed by atoms with E-state index in [-0.39, 0.29) is 0 Å². The second-order valence-corrected chi connectivity index (χ2v) is 2.88. The molecule has 0 unspecified atom stereocenters. The number of aliphatic carboxylic acids is 1. The lowest BCUT2D eigenvalue weighted by Crippen LogP contribution is -2.21. The number of alkyl halides is 3. The summed E-state index contributed by atoms with van der Waals surface area (Å²) in [5.41, 5.74) is 5.29. The monoisotopic (exact) mass is 271 g/mol. The van der Waals surface area contributed by atoms with Crippen LogP contribution in [0.4, 0.5) is 13.2 Å². The number of nitrogens with two attached hydrogens (primary N) is 1. The smallest absolute Gasteiger partial charge is 0.475 e. The molecule has 0 radical (unpaired) electrons. The van der Waals surface area contributed by atoms with Gasteiger partial charge in [0.2, 0.25) is 0 Å². The van der Waals surface area contributed by atoms with Crippen LogP contribution >= 0.6 is 0 Å². The van der Waals surface area contributed by atoms with Crippen LogP contribution in [0.3, 0.4) is 0 Å². The number of carboxylic acid groups (broad SMARTS) is 1. The minimum atomic E-state index is -5.08. The van der Waals surface area contributed by atoms with Crippen LogP contribution in [0.5, 0.6) is 0 Å². The maximum Gasteiger partial charge on any atom is 0.490 e. The summed E-state index contributed by atoms with van der Waals surface area (Å²) in [5, 5.41) is 10.8. The molecule has 10 heteroatoms. The number of rotatable bonds is 4. The van der Waals surface area contributed by atoms with Crippen LogP contribution in [0.25, 0.3) is 0 Å². The number of nitrogens with zero attached hydrogens (tertiary/aromatic N) is 2. The van der Waals surface area contributed by atoms with Gasteiger partial charge in [0, 0.05) is 13.5 Å². The van der Waals surface area contributed by atoms with Gasteiger partial charge in [0.1, 0.15) is 6.61 Å². The minimum Gasteiger partial charge on any atom is -0.475 e. The Kier molecular flexibility index (Phi) is 6.90. The second-order valence-electron chi connectivity index (χ2n) is 2.88. The van der Waals surface area contributed by atoms with E-state index < -0.39 is 12.1 Å². The van der Waals surface area contributed by atoms with Gasteiger partial charge in [0.15, 0.2) is 5.82 Å². The van der Waals surface area contributed by atoms with Crippen molar-refractivity contribution in [2.24, 2.45) is 5.73 Å². The summed E-state index contributed by atoms with van der Waals surface area (Å²) >= 11 is 0. The Balaban J connectivity index is 0.000000360. The van der Waals surface area contributed by atoms with E-state index in [1.54, 1.807) is 7.11 Å². The van der Waals surface area contributed by atoms with Crippen LogP contribution in [0.15, 0.2) is 4.52 Å². The molecule has 0 aromatic carbocycles. The standard InChI is InChI=1S/C6H11N3O2.C2HF3O2/c1-10-4-6-8-5(2-3-7)9-11-6;3-2(4,5)1(6)7/h2-4,7H2,1H3;(H,6,7). The van der Waals surface area contributed by atoms with Crippen molar-refractivity contribution in [3.05, 3.63) is 11.7 Å². The number of ether oxygens (including phenoxy) is 1. The number of carboxylic acids is 1. The first-order valence-electron chi connectivity index (χ1n) is 4.61. The summed E-state index contributed by atoms with van der Waals surface area (Å²) in [6.07, 6.45) is -4.44. The third-order valence-electron chi connectivity index (χ3n) is 1.39. The lowest BCUT2D eigenvalue weighted by molar-refractivity contribution is -0.192. The summed E-state index contributed by atoms with van der Waals surface area (Å²) in [4.78, 5) is 12.9. The molecule has 0 saturated heterocycles. The topological polar surface area (TPSA) is 111 Å². The molecule has 0 fully saturated rings. The van der Waals surface area contributed by atoms with E-state index in [4.69, 9.17) is 24.9 Å². The van der Waals surface area contributed by atoms with Crippen molar-refractivity contribution in [1.82, 2.24) is 10.1 Å². The molecule has 1 rings (SSSR count). The highest BCUT2D eigenvalue weighted by atomic mass is 19.4. The fourth-order valence-corrected chi connectivity index (χ4v) is 0.703. The highest BCUT2D eigenvalue weighted by Crippen LogP contribution is 2.13. The van der Waals surface area contributed by atoms with Crippen LogP contribution in [-0.4, -0.2) is 41.0 Å². The number of hydrogen-bond donors (Lipinski definition) is 2. The largest absolute Gasteiger partial charge is 0.490 e. The molecule has 0 atom stereocenters. The van der Waals surface area contributed by atoms with Gasteiger partial charge in [-0.05, 0) is 6.54 Å². The molecular formula is C8H12F3N3O4. The minimum absolute atomic E-state index is 0.359. The fourth-order valence-electron chi connectivity index (χ4n) is 0.703. The number of methoxy groups -OCH3 is 1. The summed E-state index contributed by atoms with van der Waals surface area (Å²) < 4.78 is 41.3. The van der Waals surface area contributed by atoms with Crippen molar-refractivity contribution in [2.45, 2.75) is 19.2 Å². The first kappa shape index (κ1) is 16.3. The fraction of sp³-hybridized carbons (Fsp3) is 0.625. The molecule has 0 amide bonds. The Hall–Kier alpha value is -1.68. The molecule has 7 nitrogen and oxygen atoms in total. The van der Waals surface area contributed by atoms with Crippen LogP contribution in [-0.2, 0) is 22.6 Å². The zero-order valence-electron chi connectivity index (χ0n) is 9.40. The van der Waals surface area contributed by atoms with E-state index in [0.717, 1.165) is 0 Å². The normalized spacial score (nSPS) is 10.7. The molecule has 104 valence electrons. The average Bonchev–Trinajstić information content (AvgIpc) is 2.66. The Morgan fingerprint density at radius 3 is 2.50 bits per heavy atom. The van der Waals surface area contributed by atoms with Crippen LogP contribution in [0.1, 0.15) is 11.7 Å². The van der Waals surface area contributed by atoms with Crippen molar-refractivity contribution >= 4 is 5.97 Å². The third-order valence-corrected chi connectivity index (χ3v) is 1.39. The number of carbonyl (C=O) groups is 1. The molecule has 3 N–H and O–H groups in total. The highest BCUT2D eigenvalue weighted by molar-refractivity contribution is 5.73. The van der Waals surface area contributed by atoms with Gasteiger partial charge in [-0.15, -0.1) is 0 Å². The maximum atomic E-state index is 10.6. The maximum absolute atomic E-state index is 10.6. The van der Waals surface area contributed by atoms with Gasteiger partial charge >= 0.3 is 12.1 Å². The Bertz CT molecular complexity index is 346. The molecule has 0 aliphatic heterocycles. The summed E-state index contributed by atoms with van der Waals surface area (Å²) in [7, 11) is 1.58. The van der Waals surface area contributed by atoms with Gasteiger partial charge in [-0.2, -0.15) is 18.2 Å². The van der Waals surface area contributed by atoms with Gasteiger partial charge in [-0.1, -0.05) is 5.16 Å². The molecule has 0 aliphatic carbocycles. The quantitative estimate of drug-likeness (QED) is 0.812. The summed E-state index contributed by atoms with van der Waals surface area (Å²) in [5.74, 6) is -1.62. The molecule has 1 heterocycles. The van der Waals surface area contributed by atoms with E-state index in [9.17, 15) is 13.2 Å². The first-order valence-corrected chi connectivity index (χ1v) is 4.61. The molecule has 0 aliphatic rings. The highest BCUT2D eigenvalue weighted by Gasteiger charge is 2.38. The lowest BCUT2D eigenvalue weighted by Gasteiger charge is -1.93. The van der Waals surface area contributed by atoms with Crippen molar-refractivity contribution < 1.29 is 32.3 Å². The zero-order valence-corrected chi connectivity index (χ0v) is 9.40. The van der Waals surface area contributed by atoms with E-state index in [1.807, 2.05) is 0 Å². The second kappa shape index (κ2) is 7.61. The van der Waals surface area contributed by atoms with E-state index in [2.05, 4.69) is 10.1 Å². The number of hydrogen-bond acceptors (Lipinski definition) is 6. The average molecular weight is 271 g/mol. The predicted octanol–water partition coefficient (Wildman–Crippen LogP) is 0.351. The van der Waals surface area contributed by atoms with Gasteiger partial charge < -0.3 is 20.1 Å². The molecule has 0 spiro atoms. The molecular weight excluding hydrogens is 259 g/mol. The number of aromatic nitrogens is 2. The van der Waals surface area contributed by atoms with Crippen LogP contribution in [0, 0.1) is 0 Å². The van der Waals surface area contributed by atoms with Gasteiger partial charge in [0.05, 0.1) is 0 Å². The molecule has 18 heavy (non-hydrogen) atoms. The van der Waals surface area contributed by atoms with Crippen molar-refractivity contribution in [3.63, 3.8) is 0 Å². The Morgan fingerprint density at radius 1 is 1.56 bits per heavy atom. The van der Waals surface area contributed by atoms with Crippen molar-refractivity contribution in [1.29, 1.82) is 0 Å². The lowest BCUT2D eigenvalue weighted by atomic mass is 10.4. The SMILES string of the molecule is COCc1nc(CCN)no1.O=C(O)C(F)(F)F. The summed E-state index contributed by atoms with van der Waals surface area (Å²) in [6.45, 7) is 0.892. The molecule has 1 aromatic rings. The zero-order chi connectivity index (χ0) is 14.2. The molecule has 1 aromatic heterocycles. The Labute approximate surface area is 99.7 Å². The van der Waals surface area contributed by atoms with Gasteiger partial charge in [-0.25, -0.2) is 4.79 Å². The molecule has 0 saturated carbocycles. The third kappa shape index (κ3) is 6.81. The van der Waals surface area contributed by atoms with E-state index in [0.29, 0.717) is 31.3 Å². The Morgan fingerprint density at radius 2 is 2.11 bits per heavy atom. The summed E-state index contributed by atoms with van der Waals surface area (Å²) in [6, 6.07) is 0. The van der Waals surface area contributed by atoms with Crippen molar-refractivity contribution in [3.8, 4) is 0 Å². The molecule has 0 bridgehead atoms. The predicted molar refractivity (Wildman–Crippen MR) is 51.5 cm³/mol. The van der Waals surface area contributed by atoms with E-state index >= 15 is 0 Å². The van der Waals surface area contributed by atoms with Crippen LogP contribution < -0.4 is 5.73 Å². The van der Waals surface area contributed by atoms with Gasteiger partial charge in [-0.3, -0.25) is 0 Å². The van der Waals surface area contributed by atoms with Crippen molar-refractivity contribution in [2.75, 3.05) is 13.7 Å². The van der Waals surface area contributed by atoms with Crippen LogP contribution in [0.2, 0.25) is 0 Å². The van der Waals surface area contributed by atoms with E-state index in [1.165, 1.54) is 0 Å². The van der Waals surface area contributed by atoms with Gasteiger partial charge in [0.25, 0.3) is 5.89 Å². The first-order chi connectivity index (χ1) is 8.31.